The third kappa shape index (κ3) is 3.37. The van der Waals surface area contributed by atoms with Gasteiger partial charge in [0.05, 0.1) is 0 Å². The Balaban J connectivity index is 3.03. The van der Waals surface area contributed by atoms with Gasteiger partial charge < -0.3 is 21.5 Å². The van der Waals surface area contributed by atoms with E-state index in [0.29, 0.717) is 5.69 Å². The first kappa shape index (κ1) is 12.8. The summed E-state index contributed by atoms with van der Waals surface area (Å²) in [6, 6.07) is 5.21. The average Bonchev–Trinajstić information content (AvgIpc) is 2.24. The van der Waals surface area contributed by atoms with Gasteiger partial charge in [0, 0.05) is 14.1 Å². The zero-order valence-corrected chi connectivity index (χ0v) is 10.2. The molecule has 92 valence electrons. The smallest absolute Gasteiger partial charge is 0.223 e. The van der Waals surface area contributed by atoms with E-state index in [9.17, 15) is 5.11 Å². The lowest BCUT2D eigenvalue weighted by Crippen LogP contribution is -2.32. The molecule has 0 amide bonds. The number of rotatable bonds is 1. The fraction of sp³-hybridized carbons (Fsp3) is 0.273. The summed E-state index contributed by atoms with van der Waals surface area (Å²) in [5.74, 6) is 0.338. The summed E-state index contributed by atoms with van der Waals surface area (Å²) in [6.07, 6.45) is 0. The molecule has 5 N–H and O–H groups in total. The quantitative estimate of drug-likeness (QED) is 0.488. The van der Waals surface area contributed by atoms with Crippen molar-refractivity contribution in [2.45, 2.75) is 6.92 Å². The first-order chi connectivity index (χ1) is 7.91. The molecular weight excluding hydrogens is 218 g/mol. The van der Waals surface area contributed by atoms with Gasteiger partial charge in [0.15, 0.2) is 5.96 Å². The maximum atomic E-state index is 9.74. The lowest BCUT2D eigenvalue weighted by Gasteiger charge is -2.09. The van der Waals surface area contributed by atoms with Crippen LogP contribution in [-0.4, -0.2) is 36.0 Å². The number of benzene rings is 1. The molecule has 0 atom stereocenters. The van der Waals surface area contributed by atoms with Gasteiger partial charge in [-0.3, -0.25) is 0 Å². The van der Waals surface area contributed by atoms with Gasteiger partial charge in [-0.05, 0) is 18.6 Å². The minimum atomic E-state index is -0.00269. The van der Waals surface area contributed by atoms with Crippen LogP contribution in [-0.2, 0) is 0 Å². The molecule has 0 saturated carbocycles. The number of phenolic OH excluding ortho intramolecular Hbond substituents is 1. The zero-order valence-electron chi connectivity index (χ0n) is 10.2. The summed E-state index contributed by atoms with van der Waals surface area (Å²) in [4.78, 5) is 9.48. The van der Waals surface area contributed by atoms with Crippen LogP contribution >= 0.6 is 0 Å². The van der Waals surface area contributed by atoms with Crippen molar-refractivity contribution in [1.29, 1.82) is 0 Å². The molecule has 1 aromatic rings. The van der Waals surface area contributed by atoms with Crippen molar-refractivity contribution in [3.05, 3.63) is 23.8 Å². The molecule has 0 aliphatic carbocycles. The second-order valence-electron chi connectivity index (χ2n) is 3.78. The van der Waals surface area contributed by atoms with Crippen molar-refractivity contribution in [3.8, 4) is 5.75 Å². The van der Waals surface area contributed by atoms with Crippen LogP contribution in [0.5, 0.6) is 5.75 Å². The molecule has 0 saturated heterocycles. The largest absolute Gasteiger partial charge is 0.505 e. The maximum Gasteiger partial charge on any atom is 0.223 e. The highest BCUT2D eigenvalue weighted by atomic mass is 16.3. The highest BCUT2D eigenvalue weighted by molar-refractivity contribution is 5.94. The van der Waals surface area contributed by atoms with Crippen LogP contribution in [0, 0.1) is 6.92 Å². The molecule has 17 heavy (non-hydrogen) atoms. The maximum absolute atomic E-state index is 9.74. The summed E-state index contributed by atoms with van der Waals surface area (Å²) in [5.41, 5.74) is 12.3. The Morgan fingerprint density at radius 1 is 1.29 bits per heavy atom. The number of aryl methyl sites for hydroxylation is 1. The Bertz CT molecular complexity index is 465. The highest BCUT2D eigenvalue weighted by Gasteiger charge is 2.03. The van der Waals surface area contributed by atoms with Gasteiger partial charge in [-0.1, -0.05) is 12.1 Å². The van der Waals surface area contributed by atoms with Gasteiger partial charge in [-0.25, -0.2) is 4.99 Å². The number of nitrogens with two attached hydrogens (primary N) is 2. The van der Waals surface area contributed by atoms with Crippen molar-refractivity contribution in [3.63, 3.8) is 0 Å². The molecule has 0 aliphatic heterocycles. The average molecular weight is 235 g/mol. The molecule has 0 spiro atoms. The number of phenols is 1. The minimum absolute atomic E-state index is 0.00269. The standard InChI is InChI=1S/C11H17N5O/c1-7-5-4-6-8(9(7)17)14-10(12)15-11(13)16(2)3/h4-6,17H,1-3H3,(H4,12,13,14,15). The second kappa shape index (κ2) is 5.20. The van der Waals surface area contributed by atoms with Gasteiger partial charge in [-0.2, -0.15) is 4.99 Å². The van der Waals surface area contributed by atoms with E-state index >= 15 is 0 Å². The molecule has 0 heterocycles. The van der Waals surface area contributed by atoms with Crippen molar-refractivity contribution >= 4 is 17.6 Å². The summed E-state index contributed by atoms with van der Waals surface area (Å²) in [7, 11) is 3.49. The third-order valence-corrected chi connectivity index (χ3v) is 2.14. The van der Waals surface area contributed by atoms with Crippen LogP contribution in [0.2, 0.25) is 0 Å². The Kier molecular flexibility index (Phi) is 3.92. The molecule has 6 heteroatoms. The van der Waals surface area contributed by atoms with Crippen molar-refractivity contribution in [1.82, 2.24) is 4.90 Å². The van der Waals surface area contributed by atoms with Crippen LogP contribution in [0.4, 0.5) is 5.69 Å². The Labute approximate surface area is 100 Å². The summed E-state index contributed by atoms with van der Waals surface area (Å²) in [5, 5.41) is 9.74. The Hall–Kier alpha value is -2.24. The van der Waals surface area contributed by atoms with E-state index in [1.807, 2.05) is 0 Å². The van der Waals surface area contributed by atoms with Crippen LogP contribution in [0.15, 0.2) is 28.2 Å². The Morgan fingerprint density at radius 2 is 1.94 bits per heavy atom. The topological polar surface area (TPSA) is 100 Å². The molecule has 0 aliphatic rings. The van der Waals surface area contributed by atoms with Gasteiger partial charge in [0.1, 0.15) is 11.4 Å². The highest BCUT2D eigenvalue weighted by Crippen LogP contribution is 2.29. The molecule has 1 rings (SSSR count). The summed E-state index contributed by atoms with van der Waals surface area (Å²) < 4.78 is 0. The number of aliphatic imine (C=N–C) groups is 2. The fourth-order valence-electron chi connectivity index (χ4n) is 1.10. The molecule has 0 bridgehead atoms. The predicted molar refractivity (Wildman–Crippen MR) is 69.4 cm³/mol. The van der Waals surface area contributed by atoms with Crippen LogP contribution in [0.1, 0.15) is 5.56 Å². The fourth-order valence-corrected chi connectivity index (χ4v) is 1.10. The van der Waals surface area contributed by atoms with Gasteiger partial charge >= 0.3 is 0 Å². The molecule has 6 nitrogen and oxygen atoms in total. The number of nitrogens with zero attached hydrogens (tertiary/aromatic N) is 3. The van der Waals surface area contributed by atoms with E-state index in [1.54, 1.807) is 44.1 Å². The van der Waals surface area contributed by atoms with E-state index in [1.165, 1.54) is 0 Å². The minimum Gasteiger partial charge on any atom is -0.505 e. The van der Waals surface area contributed by atoms with Crippen molar-refractivity contribution in [2.75, 3.05) is 14.1 Å². The summed E-state index contributed by atoms with van der Waals surface area (Å²) in [6.45, 7) is 1.78. The lowest BCUT2D eigenvalue weighted by atomic mass is 10.2. The van der Waals surface area contributed by atoms with Crippen molar-refractivity contribution in [2.24, 2.45) is 21.5 Å². The van der Waals surface area contributed by atoms with Gasteiger partial charge in [0.25, 0.3) is 0 Å². The first-order valence-electron chi connectivity index (χ1n) is 5.06. The lowest BCUT2D eigenvalue weighted by molar-refractivity contribution is 0.472. The number of guanidine groups is 2. The van der Waals surface area contributed by atoms with Crippen LogP contribution in [0.3, 0.4) is 0 Å². The second-order valence-corrected chi connectivity index (χ2v) is 3.78. The SMILES string of the molecule is Cc1cccc(N=C(N)N=C(N)N(C)C)c1O. The number of aromatic hydroxyl groups is 1. The van der Waals surface area contributed by atoms with Crippen LogP contribution in [0.25, 0.3) is 0 Å². The summed E-state index contributed by atoms with van der Waals surface area (Å²) >= 11 is 0. The van der Waals surface area contributed by atoms with Crippen molar-refractivity contribution < 1.29 is 5.11 Å². The van der Waals surface area contributed by atoms with E-state index in [0.717, 1.165) is 5.56 Å². The molecule has 0 fully saturated rings. The molecule has 1 aromatic carbocycles. The van der Waals surface area contributed by atoms with E-state index < -0.39 is 0 Å². The first-order valence-corrected chi connectivity index (χ1v) is 5.06. The normalized spacial score (nSPS) is 12.6. The zero-order chi connectivity index (χ0) is 13.0. The number of hydrogen-bond donors (Lipinski definition) is 3. The monoisotopic (exact) mass is 235 g/mol. The molecule has 0 radical (unpaired) electrons. The molecule has 0 aromatic heterocycles. The van der Waals surface area contributed by atoms with Crippen LogP contribution < -0.4 is 11.5 Å². The molecular formula is C11H17N5O. The Morgan fingerprint density at radius 3 is 2.53 bits per heavy atom. The number of hydrogen-bond acceptors (Lipinski definition) is 2. The van der Waals surface area contributed by atoms with Gasteiger partial charge in [0.2, 0.25) is 5.96 Å². The number of para-hydroxylation sites is 1. The van der Waals surface area contributed by atoms with Gasteiger partial charge in [-0.15, -0.1) is 0 Å². The predicted octanol–water partition coefficient (Wildman–Crippen LogP) is 0.523. The molecule has 0 unspecified atom stereocenters. The third-order valence-electron chi connectivity index (χ3n) is 2.14. The van der Waals surface area contributed by atoms with E-state index in [4.69, 9.17) is 11.5 Å². The van der Waals surface area contributed by atoms with E-state index in [2.05, 4.69) is 9.98 Å². The van der Waals surface area contributed by atoms with E-state index in [-0.39, 0.29) is 17.7 Å².